The molecule has 1 heterocycles. The second-order valence-corrected chi connectivity index (χ2v) is 11.8. The first kappa shape index (κ1) is 33.8. The van der Waals surface area contributed by atoms with E-state index in [4.69, 9.17) is 5.11 Å². The average Bonchev–Trinajstić information content (AvgIpc) is 3.45. The highest BCUT2D eigenvalue weighted by molar-refractivity contribution is 8.03. The summed E-state index contributed by atoms with van der Waals surface area (Å²) in [6, 6.07) is 14.0. The van der Waals surface area contributed by atoms with Crippen LogP contribution in [0.4, 0.5) is 32.0 Å². The summed E-state index contributed by atoms with van der Waals surface area (Å²) in [6.45, 7) is 6.35. The minimum Gasteiger partial charge on any atom is -0.481 e. The molecule has 0 saturated heterocycles. The van der Waals surface area contributed by atoms with Gasteiger partial charge >= 0.3 is 18.3 Å². The van der Waals surface area contributed by atoms with Crippen molar-refractivity contribution in [3.63, 3.8) is 0 Å². The van der Waals surface area contributed by atoms with Crippen LogP contribution in [0.15, 0.2) is 66.1 Å². The molecule has 1 amide bonds. The van der Waals surface area contributed by atoms with Crippen LogP contribution in [0.2, 0.25) is 0 Å². The van der Waals surface area contributed by atoms with Gasteiger partial charge in [-0.2, -0.15) is 26.3 Å². The zero-order valence-electron chi connectivity index (χ0n) is 24.5. The third kappa shape index (κ3) is 8.53. The number of benzene rings is 3. The summed E-state index contributed by atoms with van der Waals surface area (Å²) in [7, 11) is 0. The lowest BCUT2D eigenvalue weighted by Gasteiger charge is -2.32. The Kier molecular flexibility index (Phi) is 10.1. The fourth-order valence-corrected chi connectivity index (χ4v) is 5.89. The summed E-state index contributed by atoms with van der Waals surface area (Å²) in [5.74, 6) is -1.20. The minimum atomic E-state index is -4.97. The molecule has 3 aromatic rings. The number of carbonyl (C=O) groups is 2. The van der Waals surface area contributed by atoms with Gasteiger partial charge in [-0.05, 0) is 83.0 Å². The highest BCUT2D eigenvalue weighted by Crippen LogP contribution is 2.40. The van der Waals surface area contributed by atoms with E-state index in [1.54, 1.807) is 24.3 Å². The van der Waals surface area contributed by atoms with Crippen molar-refractivity contribution in [3.05, 3.63) is 105 Å². The van der Waals surface area contributed by atoms with Crippen molar-refractivity contribution in [3.8, 4) is 0 Å². The van der Waals surface area contributed by atoms with Crippen molar-refractivity contribution in [2.75, 3.05) is 11.4 Å². The Labute approximate surface area is 260 Å². The van der Waals surface area contributed by atoms with Gasteiger partial charge in [0.15, 0.2) is 5.50 Å². The lowest BCUT2D eigenvalue weighted by molar-refractivity contribution is -0.143. The molecule has 0 aliphatic carbocycles. The number of hydrogen-bond acceptors (Lipinski definition) is 5. The first-order valence-corrected chi connectivity index (χ1v) is 14.9. The van der Waals surface area contributed by atoms with Crippen LogP contribution in [0.25, 0.3) is 5.70 Å². The van der Waals surface area contributed by atoms with Crippen molar-refractivity contribution >= 4 is 35.0 Å². The van der Waals surface area contributed by atoms with Gasteiger partial charge in [0, 0.05) is 24.3 Å². The second-order valence-electron chi connectivity index (χ2n) is 10.9. The van der Waals surface area contributed by atoms with Gasteiger partial charge in [-0.1, -0.05) is 43.8 Å². The van der Waals surface area contributed by atoms with Crippen LogP contribution in [-0.4, -0.2) is 29.0 Å². The van der Waals surface area contributed by atoms with E-state index in [0.29, 0.717) is 17.7 Å². The van der Waals surface area contributed by atoms with Crippen molar-refractivity contribution in [2.45, 2.75) is 57.5 Å². The molecule has 45 heavy (non-hydrogen) atoms. The molecule has 0 spiro atoms. The highest BCUT2D eigenvalue weighted by Gasteiger charge is 2.38. The maximum absolute atomic E-state index is 13.5. The lowest BCUT2D eigenvalue weighted by atomic mass is 9.97. The lowest BCUT2D eigenvalue weighted by Crippen LogP contribution is -2.40. The Morgan fingerprint density at radius 1 is 0.956 bits per heavy atom. The fourth-order valence-electron chi connectivity index (χ4n) is 4.89. The number of rotatable bonds is 10. The van der Waals surface area contributed by atoms with E-state index in [1.807, 2.05) is 30.0 Å². The van der Waals surface area contributed by atoms with Crippen LogP contribution >= 0.6 is 11.8 Å². The minimum absolute atomic E-state index is 0.0222. The van der Waals surface area contributed by atoms with E-state index in [0.717, 1.165) is 22.4 Å². The maximum Gasteiger partial charge on any atom is 0.416 e. The molecule has 1 aliphatic heterocycles. The number of nitrogens with one attached hydrogen (secondary N) is 2. The molecule has 3 aromatic carbocycles. The number of aryl methyl sites for hydroxylation is 1. The van der Waals surface area contributed by atoms with Gasteiger partial charge < -0.3 is 20.6 Å². The molecule has 13 heteroatoms. The summed E-state index contributed by atoms with van der Waals surface area (Å²) in [5.41, 5.74) is 0.523. The second kappa shape index (κ2) is 13.5. The normalized spacial score (nSPS) is 15.1. The molecule has 1 unspecified atom stereocenters. The number of carboxylic acids is 1. The molecule has 0 bridgehead atoms. The Hall–Kier alpha value is -4.13. The Bertz CT molecular complexity index is 1550. The van der Waals surface area contributed by atoms with Gasteiger partial charge in [0.25, 0.3) is 5.91 Å². The number of alkyl halides is 6. The van der Waals surface area contributed by atoms with Gasteiger partial charge in [-0.15, -0.1) is 0 Å². The van der Waals surface area contributed by atoms with E-state index >= 15 is 0 Å². The fraction of sp³-hybridized carbons (Fsp3) is 0.312. The largest absolute Gasteiger partial charge is 0.481 e. The molecule has 6 nitrogen and oxygen atoms in total. The van der Waals surface area contributed by atoms with Crippen molar-refractivity contribution in [2.24, 2.45) is 0 Å². The molecule has 0 fully saturated rings. The number of carbonyl (C=O) groups excluding carboxylic acids is 1. The number of hydrogen-bond donors (Lipinski definition) is 3. The molecule has 240 valence electrons. The number of carboxylic acid groups (broad SMARTS) is 1. The topological polar surface area (TPSA) is 81.7 Å². The summed E-state index contributed by atoms with van der Waals surface area (Å²) in [6.07, 6.45) is -10.2. The van der Waals surface area contributed by atoms with Crippen LogP contribution in [0.3, 0.4) is 0 Å². The standard InChI is InChI=1S/C32H31F6N3O3S/c1-18(2)26-9-8-25(12-19(26)3)41(16-20-4-6-21(7-5-20)29(44)39-11-10-28(42)43)30-40-27(17-45-30)22-13-23(31(33,34)35)15-24(14-22)32(36,37)38/h4-9,12-15,17-18,30,40H,10-11,16H2,1-3H3,(H,39,44)(H,42,43). The third-order valence-corrected chi connectivity index (χ3v) is 8.18. The summed E-state index contributed by atoms with van der Waals surface area (Å²) in [5, 5.41) is 15.9. The molecule has 1 aliphatic rings. The molecule has 1 atom stereocenters. The Balaban J connectivity index is 1.62. The SMILES string of the molecule is Cc1cc(N(Cc2ccc(C(=O)NCCC(=O)O)cc2)C2NC(c3cc(C(F)(F)F)cc(C(F)(F)F)c3)=CS2)ccc1C(C)C. The number of halogens is 6. The zero-order chi connectivity index (χ0) is 33.1. The summed E-state index contributed by atoms with van der Waals surface area (Å²) >= 11 is 1.21. The van der Waals surface area contributed by atoms with Gasteiger partial charge in [0.2, 0.25) is 0 Å². The van der Waals surface area contributed by atoms with Crippen LogP contribution in [0, 0.1) is 6.92 Å². The summed E-state index contributed by atoms with van der Waals surface area (Å²) in [4.78, 5) is 25.0. The van der Waals surface area contributed by atoms with Crippen molar-refractivity contribution in [1.29, 1.82) is 0 Å². The van der Waals surface area contributed by atoms with Gasteiger partial charge in [-0.25, -0.2) is 0 Å². The van der Waals surface area contributed by atoms with Gasteiger partial charge in [0.05, 0.1) is 23.2 Å². The molecule has 3 N–H and O–H groups in total. The predicted octanol–water partition coefficient (Wildman–Crippen LogP) is 7.99. The van der Waals surface area contributed by atoms with Crippen LogP contribution in [0.5, 0.6) is 0 Å². The quantitative estimate of drug-likeness (QED) is 0.193. The number of aliphatic carboxylic acids is 1. The maximum atomic E-state index is 13.5. The van der Waals surface area contributed by atoms with Crippen molar-refractivity contribution < 1.29 is 41.0 Å². The summed E-state index contributed by atoms with van der Waals surface area (Å²) < 4.78 is 81.1. The van der Waals surface area contributed by atoms with Crippen molar-refractivity contribution in [1.82, 2.24) is 10.6 Å². The molecule has 0 aromatic heterocycles. The monoisotopic (exact) mass is 651 g/mol. The first-order chi connectivity index (χ1) is 21.0. The van der Waals surface area contributed by atoms with E-state index in [2.05, 4.69) is 24.5 Å². The number of amides is 1. The average molecular weight is 652 g/mol. The van der Waals surface area contributed by atoms with Gasteiger partial charge in [-0.3, -0.25) is 9.59 Å². The molecular weight excluding hydrogens is 620 g/mol. The van der Waals surface area contributed by atoms with Crippen LogP contribution in [-0.2, 0) is 23.7 Å². The van der Waals surface area contributed by atoms with Crippen LogP contribution in [0.1, 0.15) is 69.9 Å². The zero-order valence-corrected chi connectivity index (χ0v) is 25.3. The number of anilines is 1. The number of thioether (sulfide) groups is 1. The molecule has 0 radical (unpaired) electrons. The Morgan fingerprint density at radius 3 is 2.11 bits per heavy atom. The van der Waals surface area contributed by atoms with E-state index in [1.165, 1.54) is 17.2 Å². The molecule has 4 rings (SSSR count). The van der Waals surface area contributed by atoms with Gasteiger partial charge in [0.1, 0.15) is 0 Å². The molecular formula is C32H31F6N3O3S. The molecule has 0 saturated carbocycles. The highest BCUT2D eigenvalue weighted by atomic mass is 32.2. The van der Waals surface area contributed by atoms with E-state index in [-0.39, 0.29) is 42.8 Å². The number of nitrogens with zero attached hydrogens (tertiary/aromatic N) is 1. The Morgan fingerprint density at radius 2 is 1.58 bits per heavy atom. The van der Waals surface area contributed by atoms with Crippen LogP contribution < -0.4 is 15.5 Å². The predicted molar refractivity (Wildman–Crippen MR) is 161 cm³/mol. The van der Waals surface area contributed by atoms with E-state index in [9.17, 15) is 35.9 Å². The smallest absolute Gasteiger partial charge is 0.416 e. The first-order valence-electron chi connectivity index (χ1n) is 13.9. The van der Waals surface area contributed by atoms with E-state index < -0.39 is 40.9 Å². The third-order valence-electron chi connectivity index (χ3n) is 7.18.